The Bertz CT molecular complexity index is 867. The molecule has 1 aliphatic carbocycles. The Labute approximate surface area is 159 Å². The van der Waals surface area contributed by atoms with Crippen LogP contribution < -0.4 is 15.0 Å². The molecule has 4 rings (SSSR count). The summed E-state index contributed by atoms with van der Waals surface area (Å²) in [5.74, 6) is 0.347. The molecule has 0 radical (unpaired) electrons. The largest absolute Gasteiger partial charge is 0.495 e. The number of methoxy groups -OCH3 is 1. The van der Waals surface area contributed by atoms with E-state index in [0.29, 0.717) is 11.4 Å². The first-order chi connectivity index (χ1) is 13.1. The van der Waals surface area contributed by atoms with Crippen LogP contribution in [0.3, 0.4) is 0 Å². The third kappa shape index (κ3) is 3.20. The molecule has 1 N–H and O–H groups in total. The van der Waals surface area contributed by atoms with E-state index in [0.717, 1.165) is 36.9 Å². The number of carbonyl (C=O) groups excluding carboxylic acids is 2. The molecule has 1 fully saturated rings. The zero-order valence-corrected chi connectivity index (χ0v) is 15.8. The van der Waals surface area contributed by atoms with Gasteiger partial charge in [0.25, 0.3) is 0 Å². The summed E-state index contributed by atoms with van der Waals surface area (Å²) >= 11 is 0. The number of nitrogens with one attached hydrogen (secondary N) is 1. The minimum Gasteiger partial charge on any atom is -0.495 e. The molecule has 27 heavy (non-hydrogen) atoms. The summed E-state index contributed by atoms with van der Waals surface area (Å²) in [6.45, 7) is 2.18. The second kappa shape index (κ2) is 7.10. The van der Waals surface area contributed by atoms with Gasteiger partial charge in [0.2, 0.25) is 11.8 Å². The van der Waals surface area contributed by atoms with E-state index >= 15 is 0 Å². The maximum Gasteiger partial charge on any atom is 0.249 e. The number of hydrogen-bond acceptors (Lipinski definition) is 3. The van der Waals surface area contributed by atoms with Crippen LogP contribution in [0.2, 0.25) is 0 Å². The van der Waals surface area contributed by atoms with Crippen molar-refractivity contribution in [2.24, 2.45) is 0 Å². The Hall–Kier alpha value is -2.76. The zero-order chi connectivity index (χ0) is 19.0. The minimum absolute atomic E-state index is 0.117. The average molecular weight is 367 g/mol. The first-order valence-electron chi connectivity index (χ1n) is 9.50. The number of ether oxygens (including phenoxy) is 1. The maximum atomic E-state index is 13.3. The van der Waals surface area contributed by atoms with Gasteiger partial charge in [0.1, 0.15) is 12.3 Å². The van der Waals surface area contributed by atoms with Crippen molar-refractivity contribution < 1.29 is 14.3 Å². The standard InChI is InChI=1S/C21H25N3O3/c1-14-9-10-18(27-2)17(12-14)24-19(25)13-23-11-5-8-16(23)20(24)21(26)22-15-6-3-4-7-15/h5,8-12,15,20H,3-4,6-7,13H2,1-2H3,(H,22,26). The van der Waals surface area contributed by atoms with E-state index in [-0.39, 0.29) is 24.4 Å². The Morgan fingerprint density at radius 2 is 2.00 bits per heavy atom. The molecule has 2 aliphatic rings. The van der Waals surface area contributed by atoms with Gasteiger partial charge in [-0.15, -0.1) is 0 Å². The van der Waals surface area contributed by atoms with Crippen molar-refractivity contribution in [1.82, 2.24) is 9.88 Å². The van der Waals surface area contributed by atoms with Gasteiger partial charge in [0, 0.05) is 12.2 Å². The first kappa shape index (κ1) is 17.6. The summed E-state index contributed by atoms with van der Waals surface area (Å²) in [5, 5.41) is 3.16. The van der Waals surface area contributed by atoms with Gasteiger partial charge in [-0.05, 0) is 49.6 Å². The highest BCUT2D eigenvalue weighted by molar-refractivity contribution is 6.03. The topological polar surface area (TPSA) is 63.6 Å². The van der Waals surface area contributed by atoms with Gasteiger partial charge in [0.05, 0.1) is 18.5 Å². The lowest BCUT2D eigenvalue weighted by atomic mass is 10.0. The predicted octanol–water partition coefficient (Wildman–Crippen LogP) is 2.95. The molecule has 1 saturated carbocycles. The number of benzene rings is 1. The molecular weight excluding hydrogens is 342 g/mol. The average Bonchev–Trinajstić information content (AvgIpc) is 3.32. The second-order valence-corrected chi connectivity index (χ2v) is 7.39. The van der Waals surface area contributed by atoms with Crippen LogP contribution in [0.1, 0.15) is 43.0 Å². The Morgan fingerprint density at radius 3 is 2.74 bits per heavy atom. The van der Waals surface area contributed by atoms with Crippen molar-refractivity contribution in [2.75, 3.05) is 12.0 Å². The quantitative estimate of drug-likeness (QED) is 0.904. The number of carbonyl (C=O) groups is 2. The van der Waals surface area contributed by atoms with Gasteiger partial charge in [0.15, 0.2) is 6.04 Å². The summed E-state index contributed by atoms with van der Waals surface area (Å²) in [5.41, 5.74) is 2.48. The van der Waals surface area contributed by atoms with Crippen molar-refractivity contribution >= 4 is 17.5 Å². The monoisotopic (exact) mass is 367 g/mol. The number of anilines is 1. The van der Waals surface area contributed by atoms with E-state index in [9.17, 15) is 9.59 Å². The molecule has 6 heteroatoms. The molecule has 2 amide bonds. The number of nitrogens with zero attached hydrogens (tertiary/aromatic N) is 2. The summed E-state index contributed by atoms with van der Waals surface area (Å²) in [6, 6.07) is 8.99. The first-order valence-corrected chi connectivity index (χ1v) is 9.50. The van der Waals surface area contributed by atoms with Crippen molar-refractivity contribution in [3.8, 4) is 5.75 Å². The number of fused-ring (bicyclic) bond motifs is 1. The van der Waals surface area contributed by atoms with Crippen molar-refractivity contribution in [1.29, 1.82) is 0 Å². The number of aromatic nitrogens is 1. The molecular formula is C21H25N3O3. The molecule has 0 saturated heterocycles. The molecule has 1 atom stereocenters. The van der Waals surface area contributed by atoms with Gasteiger partial charge in [-0.1, -0.05) is 18.9 Å². The van der Waals surface area contributed by atoms with Crippen LogP contribution in [0.4, 0.5) is 5.69 Å². The molecule has 0 bridgehead atoms. The molecule has 1 aromatic carbocycles. The van der Waals surface area contributed by atoms with Crippen LogP contribution in [0, 0.1) is 6.92 Å². The van der Waals surface area contributed by atoms with Crippen LogP contribution in [-0.4, -0.2) is 29.5 Å². The fraction of sp³-hybridized carbons (Fsp3) is 0.429. The highest BCUT2D eigenvalue weighted by Gasteiger charge is 2.40. The molecule has 1 aromatic heterocycles. The highest BCUT2D eigenvalue weighted by atomic mass is 16.5. The number of hydrogen-bond donors (Lipinski definition) is 1. The van der Waals surface area contributed by atoms with E-state index < -0.39 is 6.04 Å². The summed E-state index contributed by atoms with van der Waals surface area (Å²) in [7, 11) is 1.58. The van der Waals surface area contributed by atoms with Crippen molar-refractivity contribution in [3.63, 3.8) is 0 Å². The maximum absolute atomic E-state index is 13.3. The lowest BCUT2D eigenvalue weighted by Crippen LogP contribution is -2.50. The van der Waals surface area contributed by atoms with Crippen LogP contribution >= 0.6 is 0 Å². The summed E-state index contributed by atoms with van der Waals surface area (Å²) in [4.78, 5) is 27.9. The molecule has 2 heterocycles. The fourth-order valence-electron chi connectivity index (χ4n) is 4.18. The normalized spacial score (nSPS) is 19.9. The van der Waals surface area contributed by atoms with Crippen LogP contribution in [0.15, 0.2) is 36.5 Å². The van der Waals surface area contributed by atoms with E-state index in [1.807, 2.05) is 48.0 Å². The number of rotatable bonds is 4. The lowest BCUT2D eigenvalue weighted by Gasteiger charge is -2.37. The third-order valence-electron chi connectivity index (χ3n) is 5.52. The van der Waals surface area contributed by atoms with E-state index in [1.165, 1.54) is 0 Å². The number of amides is 2. The van der Waals surface area contributed by atoms with Gasteiger partial charge >= 0.3 is 0 Å². The Kier molecular flexibility index (Phi) is 4.64. The summed E-state index contributed by atoms with van der Waals surface area (Å²) in [6.07, 6.45) is 6.14. The van der Waals surface area contributed by atoms with Crippen molar-refractivity contribution in [3.05, 3.63) is 47.8 Å². The third-order valence-corrected chi connectivity index (χ3v) is 5.52. The molecule has 0 spiro atoms. The molecule has 6 nitrogen and oxygen atoms in total. The predicted molar refractivity (Wildman–Crippen MR) is 103 cm³/mol. The fourth-order valence-corrected chi connectivity index (χ4v) is 4.18. The second-order valence-electron chi connectivity index (χ2n) is 7.39. The van der Waals surface area contributed by atoms with Crippen LogP contribution in [0.5, 0.6) is 5.75 Å². The van der Waals surface area contributed by atoms with E-state index in [4.69, 9.17) is 4.74 Å². The smallest absolute Gasteiger partial charge is 0.249 e. The van der Waals surface area contributed by atoms with Crippen LogP contribution in [0.25, 0.3) is 0 Å². The van der Waals surface area contributed by atoms with E-state index in [1.54, 1.807) is 12.0 Å². The molecule has 1 aliphatic heterocycles. The summed E-state index contributed by atoms with van der Waals surface area (Å²) < 4.78 is 7.36. The highest BCUT2D eigenvalue weighted by Crippen LogP contribution is 2.38. The van der Waals surface area contributed by atoms with Crippen LogP contribution in [-0.2, 0) is 16.1 Å². The van der Waals surface area contributed by atoms with E-state index in [2.05, 4.69) is 5.32 Å². The minimum atomic E-state index is -0.697. The van der Waals surface area contributed by atoms with Crippen molar-refractivity contribution in [2.45, 2.75) is 51.2 Å². The van der Waals surface area contributed by atoms with Gasteiger partial charge in [-0.3, -0.25) is 14.5 Å². The van der Waals surface area contributed by atoms with Gasteiger partial charge in [-0.2, -0.15) is 0 Å². The molecule has 1 unspecified atom stereocenters. The Morgan fingerprint density at radius 1 is 1.22 bits per heavy atom. The Balaban J connectivity index is 1.77. The zero-order valence-electron chi connectivity index (χ0n) is 15.8. The van der Waals surface area contributed by atoms with Gasteiger partial charge < -0.3 is 14.6 Å². The lowest BCUT2D eigenvalue weighted by molar-refractivity contribution is -0.128. The van der Waals surface area contributed by atoms with Gasteiger partial charge in [-0.25, -0.2) is 0 Å². The molecule has 2 aromatic rings. The molecule has 142 valence electrons. The number of aryl methyl sites for hydroxylation is 1. The SMILES string of the molecule is COc1ccc(C)cc1N1C(=O)Cn2cccc2C1C(=O)NC1CCCC1.